The number of amides is 1. The smallest absolute Gasteiger partial charge is 0.293 e. The number of hydrogen-bond acceptors (Lipinski definition) is 8. The lowest BCUT2D eigenvalue weighted by molar-refractivity contribution is -0.384. The van der Waals surface area contributed by atoms with Gasteiger partial charge in [-0.2, -0.15) is 4.98 Å². The Bertz CT molecular complexity index is 1140. The quantitative estimate of drug-likeness (QED) is 0.358. The van der Waals surface area contributed by atoms with Gasteiger partial charge in [-0.15, -0.1) is 0 Å². The molecule has 2 unspecified atom stereocenters. The molecule has 0 spiro atoms. The van der Waals surface area contributed by atoms with Crippen molar-refractivity contribution in [3.05, 3.63) is 75.7 Å². The zero-order valence-electron chi connectivity index (χ0n) is 18.7. The van der Waals surface area contributed by atoms with Crippen molar-refractivity contribution >= 4 is 17.3 Å². The van der Waals surface area contributed by atoms with Crippen LogP contribution in [0.15, 0.2) is 47.1 Å². The molecule has 10 nitrogen and oxygen atoms in total. The van der Waals surface area contributed by atoms with Gasteiger partial charge in [0, 0.05) is 23.7 Å². The summed E-state index contributed by atoms with van der Waals surface area (Å²) in [7, 11) is 0. The van der Waals surface area contributed by atoms with Crippen LogP contribution >= 0.6 is 0 Å². The monoisotopic (exact) mass is 450 g/mol. The second kappa shape index (κ2) is 9.35. The highest BCUT2D eigenvalue weighted by molar-refractivity contribution is 5.96. The highest BCUT2D eigenvalue weighted by Crippen LogP contribution is 2.39. The molecular weight excluding hydrogens is 424 g/mol. The number of hydrogen-bond donors (Lipinski definition) is 2. The number of nitrogens with one attached hydrogen (secondary N) is 2. The minimum atomic E-state index is -0.510. The molecule has 2 aromatic heterocycles. The maximum absolute atomic E-state index is 13.0. The van der Waals surface area contributed by atoms with Crippen LogP contribution in [0.25, 0.3) is 0 Å². The first-order valence-corrected chi connectivity index (χ1v) is 10.9. The van der Waals surface area contributed by atoms with Gasteiger partial charge in [-0.25, -0.2) is 0 Å². The molecule has 2 heterocycles. The van der Waals surface area contributed by atoms with Crippen LogP contribution in [-0.4, -0.2) is 26.0 Å². The summed E-state index contributed by atoms with van der Waals surface area (Å²) in [5.41, 5.74) is 1.03. The van der Waals surface area contributed by atoms with Crippen molar-refractivity contribution in [3.8, 4) is 0 Å². The summed E-state index contributed by atoms with van der Waals surface area (Å²) in [5.74, 6) is 0.876. The van der Waals surface area contributed by atoms with E-state index in [0.29, 0.717) is 23.3 Å². The number of carbonyl (C=O) groups excluding carboxylic acids is 1. The number of nitro benzene ring substituents is 1. The average molecular weight is 450 g/mol. The fourth-order valence-corrected chi connectivity index (χ4v) is 3.50. The minimum Gasteiger partial charge on any atom is -0.371 e. The van der Waals surface area contributed by atoms with Gasteiger partial charge in [0.2, 0.25) is 5.89 Å². The number of pyridine rings is 1. The molecule has 3 aromatic rings. The van der Waals surface area contributed by atoms with Gasteiger partial charge in [0.15, 0.2) is 5.82 Å². The molecule has 1 fully saturated rings. The molecule has 0 bridgehead atoms. The van der Waals surface area contributed by atoms with Crippen LogP contribution < -0.4 is 10.6 Å². The highest BCUT2D eigenvalue weighted by Gasteiger charge is 2.32. The Kier molecular flexibility index (Phi) is 6.34. The van der Waals surface area contributed by atoms with Gasteiger partial charge in [0.05, 0.1) is 16.7 Å². The molecule has 33 heavy (non-hydrogen) atoms. The third-order valence-corrected chi connectivity index (χ3v) is 5.58. The topological polar surface area (TPSA) is 136 Å². The maximum atomic E-state index is 13.0. The van der Waals surface area contributed by atoms with E-state index in [4.69, 9.17) is 4.52 Å². The Labute approximate surface area is 191 Å². The Morgan fingerprint density at radius 2 is 2.00 bits per heavy atom. The van der Waals surface area contributed by atoms with E-state index in [2.05, 4.69) is 25.8 Å². The van der Waals surface area contributed by atoms with Crippen molar-refractivity contribution in [2.45, 2.75) is 51.6 Å². The lowest BCUT2D eigenvalue weighted by atomic mass is 10.0. The SMILES string of the molecule is CC(Nc1ccc(C(=O)NC(c2nc(C3CC3)no2)C(C)C)cc1[N+](=O)[O-])c1ccccn1. The summed E-state index contributed by atoms with van der Waals surface area (Å²) in [4.78, 5) is 32.9. The van der Waals surface area contributed by atoms with E-state index in [0.717, 1.165) is 18.5 Å². The van der Waals surface area contributed by atoms with Crippen LogP contribution in [0, 0.1) is 16.0 Å². The van der Waals surface area contributed by atoms with E-state index in [9.17, 15) is 14.9 Å². The van der Waals surface area contributed by atoms with Crippen molar-refractivity contribution in [1.29, 1.82) is 0 Å². The maximum Gasteiger partial charge on any atom is 0.293 e. The Morgan fingerprint density at radius 3 is 2.64 bits per heavy atom. The van der Waals surface area contributed by atoms with Crippen LogP contribution in [0.3, 0.4) is 0 Å². The zero-order chi connectivity index (χ0) is 23.5. The number of nitro groups is 1. The molecule has 1 aliphatic rings. The van der Waals surface area contributed by atoms with Crippen LogP contribution in [0.1, 0.15) is 79.4 Å². The summed E-state index contributed by atoms with van der Waals surface area (Å²) < 4.78 is 5.39. The van der Waals surface area contributed by atoms with Gasteiger partial charge in [-0.1, -0.05) is 25.1 Å². The van der Waals surface area contributed by atoms with Gasteiger partial charge in [0.25, 0.3) is 11.6 Å². The Morgan fingerprint density at radius 1 is 1.21 bits per heavy atom. The van der Waals surface area contributed by atoms with Gasteiger partial charge in [0.1, 0.15) is 11.7 Å². The second-order valence-electron chi connectivity index (χ2n) is 8.57. The van der Waals surface area contributed by atoms with E-state index in [1.54, 1.807) is 18.3 Å². The van der Waals surface area contributed by atoms with E-state index < -0.39 is 16.9 Å². The fraction of sp³-hybridized carbons (Fsp3) is 0.391. The molecule has 172 valence electrons. The zero-order valence-corrected chi connectivity index (χ0v) is 18.7. The number of benzene rings is 1. The summed E-state index contributed by atoms with van der Waals surface area (Å²) in [6.45, 7) is 5.72. The molecule has 0 radical (unpaired) electrons. The third kappa shape index (κ3) is 5.16. The van der Waals surface area contributed by atoms with E-state index in [1.807, 2.05) is 32.9 Å². The van der Waals surface area contributed by atoms with E-state index >= 15 is 0 Å². The summed E-state index contributed by atoms with van der Waals surface area (Å²) >= 11 is 0. The molecule has 4 rings (SSSR count). The molecule has 1 aromatic carbocycles. The molecule has 10 heteroatoms. The summed E-state index contributed by atoms with van der Waals surface area (Å²) in [5, 5.41) is 21.7. The van der Waals surface area contributed by atoms with Crippen molar-refractivity contribution in [3.63, 3.8) is 0 Å². The first kappa shape index (κ1) is 22.4. The van der Waals surface area contributed by atoms with Gasteiger partial charge < -0.3 is 15.2 Å². The number of anilines is 1. The molecule has 1 amide bonds. The molecule has 2 atom stereocenters. The van der Waals surface area contributed by atoms with E-state index in [1.165, 1.54) is 12.1 Å². The lowest BCUT2D eigenvalue weighted by Crippen LogP contribution is -2.32. The third-order valence-electron chi connectivity index (χ3n) is 5.58. The van der Waals surface area contributed by atoms with Crippen LogP contribution in [0.2, 0.25) is 0 Å². The largest absolute Gasteiger partial charge is 0.371 e. The predicted octanol–water partition coefficient (Wildman–Crippen LogP) is 4.55. The first-order chi connectivity index (χ1) is 15.8. The second-order valence-corrected chi connectivity index (χ2v) is 8.57. The van der Waals surface area contributed by atoms with Crippen LogP contribution in [-0.2, 0) is 0 Å². The number of carbonyl (C=O) groups is 1. The summed E-state index contributed by atoms with van der Waals surface area (Å²) in [6.07, 6.45) is 3.75. The first-order valence-electron chi connectivity index (χ1n) is 10.9. The molecule has 1 aliphatic carbocycles. The number of nitrogens with zero attached hydrogens (tertiary/aromatic N) is 4. The van der Waals surface area contributed by atoms with E-state index in [-0.39, 0.29) is 23.2 Å². The Balaban J connectivity index is 1.52. The van der Waals surface area contributed by atoms with Gasteiger partial charge in [-0.3, -0.25) is 19.9 Å². The average Bonchev–Trinajstić information content (AvgIpc) is 3.54. The lowest BCUT2D eigenvalue weighted by Gasteiger charge is -2.19. The van der Waals surface area contributed by atoms with Crippen LogP contribution in [0.5, 0.6) is 0 Å². The van der Waals surface area contributed by atoms with Crippen molar-refractivity contribution in [2.75, 3.05) is 5.32 Å². The number of aromatic nitrogens is 3. The molecule has 0 saturated heterocycles. The minimum absolute atomic E-state index is 0.0170. The normalized spacial score (nSPS) is 15.2. The van der Waals surface area contributed by atoms with Crippen molar-refractivity contribution in [1.82, 2.24) is 20.4 Å². The Hall–Kier alpha value is -3.82. The molecule has 0 aliphatic heterocycles. The fourth-order valence-electron chi connectivity index (χ4n) is 3.50. The molecule has 2 N–H and O–H groups in total. The highest BCUT2D eigenvalue weighted by atomic mass is 16.6. The van der Waals surface area contributed by atoms with Crippen LogP contribution in [0.4, 0.5) is 11.4 Å². The predicted molar refractivity (Wildman–Crippen MR) is 121 cm³/mol. The summed E-state index contributed by atoms with van der Waals surface area (Å²) in [6, 6.07) is 9.09. The van der Waals surface area contributed by atoms with Gasteiger partial charge >= 0.3 is 0 Å². The molecule has 1 saturated carbocycles. The van der Waals surface area contributed by atoms with Crippen molar-refractivity contribution in [2.24, 2.45) is 5.92 Å². The number of rotatable bonds is 9. The standard InChI is InChI=1S/C23H26N6O4/c1-13(2)20(23-27-21(28-33-23)15-7-8-15)26-22(30)16-9-10-18(19(12-16)29(31)32)25-14(3)17-6-4-5-11-24-17/h4-6,9-15,20,25H,7-8H2,1-3H3,(H,26,30). The van der Waals surface area contributed by atoms with Gasteiger partial charge in [-0.05, 0) is 49.9 Å². The molecular formula is C23H26N6O4. The van der Waals surface area contributed by atoms with Crippen molar-refractivity contribution < 1.29 is 14.2 Å².